The van der Waals surface area contributed by atoms with Gasteiger partial charge in [0.05, 0.1) is 17.8 Å². The first-order valence-corrected chi connectivity index (χ1v) is 10.5. The van der Waals surface area contributed by atoms with E-state index in [0.29, 0.717) is 20.4 Å². The molecule has 2 heterocycles. The Balaban J connectivity index is 1.78. The number of benzene rings is 2. The van der Waals surface area contributed by atoms with Crippen molar-refractivity contribution in [3.8, 4) is 5.69 Å². The van der Waals surface area contributed by atoms with E-state index >= 15 is 0 Å². The fourth-order valence-corrected chi connectivity index (χ4v) is 3.30. The van der Waals surface area contributed by atoms with E-state index in [-0.39, 0.29) is 18.8 Å². The highest BCUT2D eigenvalue weighted by atomic mass is 19.4. The Morgan fingerprint density at radius 1 is 0.944 bits per heavy atom. The average molecular weight is 499 g/mol. The second kappa shape index (κ2) is 9.94. The quantitative estimate of drug-likeness (QED) is 0.412. The summed E-state index contributed by atoms with van der Waals surface area (Å²) in [5.41, 5.74) is -2.70. The largest absolute Gasteiger partial charge is 0.416 e. The van der Waals surface area contributed by atoms with E-state index in [4.69, 9.17) is 0 Å². The summed E-state index contributed by atoms with van der Waals surface area (Å²) >= 11 is 0. The Hall–Kier alpha value is -4.61. The van der Waals surface area contributed by atoms with Gasteiger partial charge in [-0.3, -0.25) is 19.1 Å². The summed E-state index contributed by atoms with van der Waals surface area (Å²) in [5, 5.41) is 6.38. The van der Waals surface area contributed by atoms with Gasteiger partial charge in [-0.15, -0.1) is 0 Å². The highest BCUT2D eigenvalue weighted by molar-refractivity contribution is 5.91. The zero-order valence-electron chi connectivity index (χ0n) is 18.4. The smallest absolute Gasteiger partial charge is 0.346 e. The van der Waals surface area contributed by atoms with E-state index < -0.39 is 40.4 Å². The molecule has 12 heteroatoms. The summed E-state index contributed by atoms with van der Waals surface area (Å²) in [4.78, 5) is 43.0. The molecule has 0 saturated carbocycles. The summed E-state index contributed by atoms with van der Waals surface area (Å²) in [6.45, 7) is -0.324. The van der Waals surface area contributed by atoms with Gasteiger partial charge in [0, 0.05) is 18.9 Å². The van der Waals surface area contributed by atoms with E-state index in [2.05, 4.69) is 15.4 Å². The molecule has 1 amide bonds. The number of hydrogen-bond donors (Lipinski definition) is 1. The molecule has 4 aromatic rings. The number of hydrogen-bond acceptors (Lipinski definition) is 5. The van der Waals surface area contributed by atoms with Crippen molar-refractivity contribution in [3.05, 3.63) is 122 Å². The van der Waals surface area contributed by atoms with E-state index in [9.17, 15) is 31.9 Å². The Kier molecular flexibility index (Phi) is 6.77. The van der Waals surface area contributed by atoms with Gasteiger partial charge in [-0.1, -0.05) is 18.2 Å². The van der Waals surface area contributed by atoms with Crippen molar-refractivity contribution in [2.45, 2.75) is 19.3 Å². The standard InChI is InChI=1S/C24H17F4N5O3/c25-18-7-3-15(4-8-18)14-32-22(35)20(21(34)30-13-16-2-1-11-29-12-16)31-33(23(32)36)19-9-5-17(6-10-19)24(26,27)28/h1-12H,13-14H2,(H,30,34). The van der Waals surface area contributed by atoms with Gasteiger partial charge in [0.2, 0.25) is 5.69 Å². The average Bonchev–Trinajstić information content (AvgIpc) is 2.86. The lowest BCUT2D eigenvalue weighted by molar-refractivity contribution is -0.137. The van der Waals surface area contributed by atoms with Crippen LogP contribution in [0.25, 0.3) is 5.69 Å². The third-order valence-corrected chi connectivity index (χ3v) is 5.14. The van der Waals surface area contributed by atoms with E-state index in [1.54, 1.807) is 18.3 Å². The van der Waals surface area contributed by atoms with Crippen LogP contribution >= 0.6 is 0 Å². The summed E-state index contributed by atoms with van der Waals surface area (Å²) < 4.78 is 53.6. The van der Waals surface area contributed by atoms with Crippen molar-refractivity contribution in [2.75, 3.05) is 0 Å². The number of amides is 1. The van der Waals surface area contributed by atoms with Crippen molar-refractivity contribution in [1.29, 1.82) is 0 Å². The van der Waals surface area contributed by atoms with Crippen LogP contribution in [0.15, 0.2) is 82.6 Å². The second-order valence-electron chi connectivity index (χ2n) is 7.65. The van der Waals surface area contributed by atoms with E-state index in [0.717, 1.165) is 36.4 Å². The molecule has 0 bridgehead atoms. The number of halogens is 4. The van der Waals surface area contributed by atoms with Gasteiger partial charge in [0.1, 0.15) is 5.82 Å². The molecule has 0 radical (unpaired) electrons. The number of aromatic nitrogens is 4. The summed E-state index contributed by atoms with van der Waals surface area (Å²) in [6.07, 6.45) is -1.56. The van der Waals surface area contributed by atoms with Gasteiger partial charge in [0.15, 0.2) is 0 Å². The van der Waals surface area contributed by atoms with Crippen molar-refractivity contribution in [3.63, 3.8) is 0 Å². The normalized spacial score (nSPS) is 11.3. The fourth-order valence-electron chi connectivity index (χ4n) is 3.30. The molecule has 0 aliphatic rings. The second-order valence-corrected chi connectivity index (χ2v) is 7.65. The number of pyridine rings is 1. The van der Waals surface area contributed by atoms with Gasteiger partial charge in [0.25, 0.3) is 11.5 Å². The molecule has 0 aliphatic carbocycles. The Labute approximate surface area is 200 Å². The molecule has 0 spiro atoms. The molecule has 2 aromatic carbocycles. The maximum absolute atomic E-state index is 13.3. The molecule has 0 aliphatic heterocycles. The minimum atomic E-state index is -4.60. The fraction of sp³-hybridized carbons (Fsp3) is 0.125. The van der Waals surface area contributed by atoms with Crippen LogP contribution in [0.3, 0.4) is 0 Å². The van der Waals surface area contributed by atoms with Gasteiger partial charge in [-0.25, -0.2) is 9.18 Å². The number of carbonyl (C=O) groups is 1. The van der Waals surface area contributed by atoms with E-state index in [1.165, 1.54) is 18.3 Å². The highest BCUT2D eigenvalue weighted by Crippen LogP contribution is 2.29. The van der Waals surface area contributed by atoms with Crippen LogP contribution in [0.1, 0.15) is 27.2 Å². The van der Waals surface area contributed by atoms with Crippen molar-refractivity contribution < 1.29 is 22.4 Å². The Morgan fingerprint density at radius 2 is 1.64 bits per heavy atom. The molecule has 0 unspecified atom stereocenters. The van der Waals surface area contributed by atoms with Crippen LogP contribution in [0.5, 0.6) is 0 Å². The lowest BCUT2D eigenvalue weighted by atomic mass is 10.2. The zero-order chi connectivity index (χ0) is 25.9. The predicted octanol–water partition coefficient (Wildman–Crippen LogP) is 2.93. The van der Waals surface area contributed by atoms with Crippen molar-refractivity contribution >= 4 is 5.91 Å². The molecule has 8 nitrogen and oxygen atoms in total. The highest BCUT2D eigenvalue weighted by Gasteiger charge is 2.30. The molecule has 4 rings (SSSR count). The number of nitrogens with zero attached hydrogens (tertiary/aromatic N) is 4. The third-order valence-electron chi connectivity index (χ3n) is 5.14. The SMILES string of the molecule is O=C(NCc1cccnc1)c1nn(-c2ccc(C(F)(F)F)cc2)c(=O)n(Cc2ccc(F)cc2)c1=O. The van der Waals surface area contributed by atoms with Crippen molar-refractivity contribution in [1.82, 2.24) is 24.6 Å². The maximum Gasteiger partial charge on any atom is 0.416 e. The first-order valence-electron chi connectivity index (χ1n) is 10.5. The minimum Gasteiger partial charge on any atom is -0.346 e. The zero-order valence-corrected chi connectivity index (χ0v) is 18.4. The molecular weight excluding hydrogens is 482 g/mol. The number of carbonyl (C=O) groups excluding carboxylic acids is 1. The molecule has 0 saturated heterocycles. The van der Waals surface area contributed by atoms with Crippen LogP contribution in [0.4, 0.5) is 17.6 Å². The van der Waals surface area contributed by atoms with Gasteiger partial charge in [-0.2, -0.15) is 23.0 Å². The monoisotopic (exact) mass is 499 g/mol. The number of alkyl halides is 3. The molecule has 0 fully saturated rings. The number of rotatable bonds is 6. The van der Waals surface area contributed by atoms with Crippen LogP contribution in [-0.4, -0.2) is 25.2 Å². The maximum atomic E-state index is 13.3. The van der Waals surface area contributed by atoms with Crippen molar-refractivity contribution in [2.24, 2.45) is 0 Å². The molecule has 2 aromatic heterocycles. The van der Waals surface area contributed by atoms with Crippen LogP contribution < -0.4 is 16.6 Å². The van der Waals surface area contributed by atoms with Crippen LogP contribution in [-0.2, 0) is 19.3 Å². The lowest BCUT2D eigenvalue weighted by Gasteiger charge is -2.13. The van der Waals surface area contributed by atoms with Gasteiger partial charge >= 0.3 is 11.9 Å². The molecule has 0 atom stereocenters. The predicted molar refractivity (Wildman–Crippen MR) is 120 cm³/mol. The van der Waals surface area contributed by atoms with Gasteiger partial charge in [-0.05, 0) is 53.6 Å². The van der Waals surface area contributed by atoms with Crippen LogP contribution in [0, 0.1) is 5.82 Å². The first-order chi connectivity index (χ1) is 17.1. The van der Waals surface area contributed by atoms with Gasteiger partial charge < -0.3 is 5.32 Å². The minimum absolute atomic E-state index is 0.00512. The Morgan fingerprint density at radius 3 is 2.25 bits per heavy atom. The summed E-state index contributed by atoms with van der Waals surface area (Å²) in [6, 6.07) is 11.8. The molecule has 184 valence electrons. The molecule has 36 heavy (non-hydrogen) atoms. The Bertz CT molecular complexity index is 1500. The first kappa shape index (κ1) is 24.5. The summed E-state index contributed by atoms with van der Waals surface area (Å²) in [7, 11) is 0. The molecular formula is C24H17F4N5O3. The lowest BCUT2D eigenvalue weighted by Crippen LogP contribution is -2.46. The topological polar surface area (TPSA) is 98.9 Å². The number of nitrogens with one attached hydrogen (secondary N) is 1. The molecule has 1 N–H and O–H groups in total. The third kappa shape index (κ3) is 5.37. The van der Waals surface area contributed by atoms with E-state index in [1.807, 2.05) is 0 Å². The van der Waals surface area contributed by atoms with Crippen LogP contribution in [0.2, 0.25) is 0 Å². The summed E-state index contributed by atoms with van der Waals surface area (Å²) in [5.74, 6) is -1.43.